The Balaban J connectivity index is 1.89. The van der Waals surface area contributed by atoms with Crippen molar-refractivity contribution in [1.29, 1.82) is 0 Å². The first kappa shape index (κ1) is 20.2. The molecule has 2 rings (SSSR count). The Labute approximate surface area is 157 Å². The summed E-state index contributed by atoms with van der Waals surface area (Å²) in [6, 6.07) is 6.37. The minimum atomic E-state index is 0.363. The average molecular weight is 364 g/mol. The van der Waals surface area contributed by atoms with Crippen molar-refractivity contribution in [1.82, 2.24) is 15.5 Å². The second-order valence-electron chi connectivity index (χ2n) is 6.54. The number of likely N-dealkylation sites (N-methyl/N-ethyl adjacent to an activating group) is 1. The van der Waals surface area contributed by atoms with Gasteiger partial charge in [0, 0.05) is 63.2 Å². The molecule has 1 aromatic rings. The van der Waals surface area contributed by atoms with Crippen molar-refractivity contribution in [2.45, 2.75) is 19.4 Å². The highest BCUT2D eigenvalue weighted by molar-refractivity contribution is 5.80. The molecule has 1 saturated heterocycles. The van der Waals surface area contributed by atoms with Crippen molar-refractivity contribution >= 4 is 11.6 Å². The molecular weight excluding hydrogens is 330 g/mol. The normalized spacial score (nSPS) is 17.5. The van der Waals surface area contributed by atoms with Crippen LogP contribution in [-0.2, 0) is 0 Å². The number of ether oxygens (including phenoxy) is 2. The second kappa shape index (κ2) is 10.1. The largest absolute Gasteiger partial charge is 0.497 e. The van der Waals surface area contributed by atoms with Crippen LogP contribution in [0, 0.1) is 0 Å². The number of nitrogens with zero attached hydrogens (tertiary/aromatic N) is 3. The topological polar surface area (TPSA) is 61.4 Å². The zero-order chi connectivity index (χ0) is 18.9. The molecule has 0 bridgehead atoms. The average Bonchev–Trinajstić information content (AvgIpc) is 3.15. The second-order valence-corrected chi connectivity index (χ2v) is 6.54. The third-order valence-electron chi connectivity index (χ3n) is 4.78. The Kier molecular flexibility index (Phi) is 7.84. The van der Waals surface area contributed by atoms with E-state index in [0.717, 1.165) is 62.3 Å². The van der Waals surface area contributed by atoms with Gasteiger partial charge in [0.15, 0.2) is 5.96 Å². The highest BCUT2D eigenvalue weighted by atomic mass is 16.5. The fourth-order valence-electron chi connectivity index (χ4n) is 3.00. The molecule has 1 unspecified atom stereocenters. The molecule has 1 aliphatic heterocycles. The third kappa shape index (κ3) is 5.69. The van der Waals surface area contributed by atoms with Crippen molar-refractivity contribution in [3.8, 4) is 11.5 Å². The van der Waals surface area contributed by atoms with Gasteiger partial charge in [-0.25, -0.2) is 0 Å². The lowest BCUT2D eigenvalue weighted by molar-refractivity contribution is 0.357. The number of methoxy groups -OCH3 is 2. The molecule has 0 spiro atoms. The first-order valence-electron chi connectivity index (χ1n) is 9.23. The zero-order valence-corrected chi connectivity index (χ0v) is 16.7. The molecule has 1 heterocycles. The SMILES string of the molecule is CCN(C)CCNC(=NC)NC1CCN(c2cc(OC)cc(OC)c2)C1. The van der Waals surface area contributed by atoms with E-state index in [1.807, 2.05) is 13.1 Å². The van der Waals surface area contributed by atoms with Crippen LogP contribution in [0.1, 0.15) is 13.3 Å². The van der Waals surface area contributed by atoms with E-state index in [1.165, 1.54) is 0 Å². The van der Waals surface area contributed by atoms with Crippen LogP contribution in [-0.4, -0.2) is 77.9 Å². The Morgan fingerprint density at radius 3 is 2.54 bits per heavy atom. The molecule has 1 fully saturated rings. The monoisotopic (exact) mass is 363 g/mol. The van der Waals surface area contributed by atoms with Crippen LogP contribution in [0.5, 0.6) is 11.5 Å². The van der Waals surface area contributed by atoms with Crippen LogP contribution >= 0.6 is 0 Å². The van der Waals surface area contributed by atoms with Gasteiger partial charge in [0.05, 0.1) is 14.2 Å². The predicted molar refractivity (Wildman–Crippen MR) is 108 cm³/mol. The van der Waals surface area contributed by atoms with Crippen LogP contribution in [0.4, 0.5) is 5.69 Å². The fraction of sp³-hybridized carbons (Fsp3) is 0.632. The molecular formula is C19H33N5O2. The lowest BCUT2D eigenvalue weighted by Crippen LogP contribution is -2.46. The van der Waals surface area contributed by atoms with E-state index >= 15 is 0 Å². The first-order chi connectivity index (χ1) is 12.6. The molecule has 0 radical (unpaired) electrons. The lowest BCUT2D eigenvalue weighted by Gasteiger charge is -2.22. The molecule has 0 aliphatic carbocycles. The van der Waals surface area contributed by atoms with Crippen molar-refractivity contribution in [2.75, 3.05) is 65.9 Å². The number of aliphatic imine (C=N–C) groups is 1. The van der Waals surface area contributed by atoms with E-state index in [2.05, 4.69) is 51.5 Å². The van der Waals surface area contributed by atoms with E-state index in [9.17, 15) is 0 Å². The number of benzene rings is 1. The van der Waals surface area contributed by atoms with Gasteiger partial charge in [0.25, 0.3) is 0 Å². The van der Waals surface area contributed by atoms with Crippen LogP contribution in [0.15, 0.2) is 23.2 Å². The lowest BCUT2D eigenvalue weighted by atomic mass is 10.2. The number of rotatable bonds is 8. The Morgan fingerprint density at radius 1 is 1.27 bits per heavy atom. The molecule has 0 amide bonds. The summed E-state index contributed by atoms with van der Waals surface area (Å²) in [6.07, 6.45) is 1.06. The van der Waals surface area contributed by atoms with Gasteiger partial charge in [-0.2, -0.15) is 0 Å². The van der Waals surface area contributed by atoms with Crippen LogP contribution in [0.3, 0.4) is 0 Å². The van der Waals surface area contributed by atoms with Crippen LogP contribution in [0.25, 0.3) is 0 Å². The van der Waals surface area contributed by atoms with Crippen molar-refractivity contribution < 1.29 is 9.47 Å². The van der Waals surface area contributed by atoms with Gasteiger partial charge < -0.3 is 29.9 Å². The van der Waals surface area contributed by atoms with Crippen molar-refractivity contribution in [2.24, 2.45) is 4.99 Å². The number of guanidine groups is 1. The van der Waals surface area contributed by atoms with Crippen LogP contribution < -0.4 is 25.0 Å². The van der Waals surface area contributed by atoms with E-state index in [-0.39, 0.29) is 0 Å². The number of hydrogen-bond acceptors (Lipinski definition) is 5. The minimum Gasteiger partial charge on any atom is -0.497 e. The molecule has 1 aliphatic rings. The molecule has 7 heteroatoms. The Morgan fingerprint density at radius 2 is 1.96 bits per heavy atom. The molecule has 146 valence electrons. The number of hydrogen-bond donors (Lipinski definition) is 2. The molecule has 7 nitrogen and oxygen atoms in total. The van der Waals surface area contributed by atoms with E-state index in [1.54, 1.807) is 14.2 Å². The molecule has 1 atom stereocenters. The minimum absolute atomic E-state index is 0.363. The molecule has 0 aromatic heterocycles. The standard InChI is InChI=1S/C19H33N5O2/c1-6-23(3)10-8-21-19(20-2)22-15-7-9-24(14-15)16-11-17(25-4)13-18(12-16)26-5/h11-13,15H,6-10,14H2,1-5H3,(H2,20,21,22). The van der Waals surface area contributed by atoms with Crippen molar-refractivity contribution in [3.63, 3.8) is 0 Å². The Hall–Kier alpha value is -2.15. The fourth-order valence-corrected chi connectivity index (χ4v) is 3.00. The van der Waals surface area contributed by atoms with Gasteiger partial charge in [-0.15, -0.1) is 0 Å². The maximum Gasteiger partial charge on any atom is 0.191 e. The van der Waals surface area contributed by atoms with Crippen molar-refractivity contribution in [3.05, 3.63) is 18.2 Å². The third-order valence-corrected chi connectivity index (χ3v) is 4.78. The van der Waals surface area contributed by atoms with Gasteiger partial charge >= 0.3 is 0 Å². The smallest absolute Gasteiger partial charge is 0.191 e. The van der Waals surface area contributed by atoms with Gasteiger partial charge in [0.2, 0.25) is 0 Å². The maximum atomic E-state index is 5.38. The summed E-state index contributed by atoms with van der Waals surface area (Å²) in [5, 5.41) is 6.92. The zero-order valence-electron chi connectivity index (χ0n) is 16.7. The van der Waals surface area contributed by atoms with E-state index in [4.69, 9.17) is 9.47 Å². The molecule has 2 N–H and O–H groups in total. The number of nitrogens with one attached hydrogen (secondary N) is 2. The summed E-state index contributed by atoms with van der Waals surface area (Å²) in [7, 11) is 7.30. The summed E-state index contributed by atoms with van der Waals surface area (Å²) in [6.45, 7) is 7.00. The quantitative estimate of drug-likeness (QED) is 0.538. The Bertz CT molecular complexity index is 571. The van der Waals surface area contributed by atoms with E-state index < -0.39 is 0 Å². The predicted octanol–water partition coefficient (Wildman–Crippen LogP) is 1.40. The summed E-state index contributed by atoms with van der Waals surface area (Å²) in [4.78, 5) is 8.96. The summed E-state index contributed by atoms with van der Waals surface area (Å²) >= 11 is 0. The highest BCUT2D eigenvalue weighted by Crippen LogP contribution is 2.30. The molecule has 26 heavy (non-hydrogen) atoms. The van der Waals surface area contributed by atoms with Gasteiger partial charge in [-0.1, -0.05) is 6.92 Å². The maximum absolute atomic E-state index is 5.38. The van der Waals surface area contributed by atoms with E-state index in [0.29, 0.717) is 6.04 Å². The first-order valence-corrected chi connectivity index (χ1v) is 9.23. The highest BCUT2D eigenvalue weighted by Gasteiger charge is 2.24. The van der Waals surface area contributed by atoms with Gasteiger partial charge in [-0.3, -0.25) is 4.99 Å². The summed E-state index contributed by atoms with van der Waals surface area (Å²) < 4.78 is 10.8. The number of anilines is 1. The summed E-state index contributed by atoms with van der Waals surface area (Å²) in [5.41, 5.74) is 1.12. The molecule has 1 aromatic carbocycles. The van der Waals surface area contributed by atoms with Crippen LogP contribution in [0.2, 0.25) is 0 Å². The molecule has 0 saturated carbocycles. The van der Waals surface area contributed by atoms with Gasteiger partial charge in [0.1, 0.15) is 11.5 Å². The summed E-state index contributed by atoms with van der Waals surface area (Å²) in [5.74, 6) is 2.49. The van der Waals surface area contributed by atoms with Gasteiger partial charge in [-0.05, 0) is 20.0 Å².